The fraction of sp³-hybridized carbons (Fsp3) is 0.278. The molecule has 0 radical (unpaired) electrons. The monoisotopic (exact) mass is 699 g/mol. The van der Waals surface area contributed by atoms with Crippen molar-refractivity contribution in [2.24, 2.45) is 0 Å². The molecule has 0 heterocycles. The molecule has 7 nitrogen and oxygen atoms in total. The van der Waals surface area contributed by atoms with Gasteiger partial charge in [0.15, 0.2) is 0 Å². The van der Waals surface area contributed by atoms with E-state index in [1.807, 2.05) is 32.0 Å². The normalized spacial score (nSPS) is 13.0. The molecule has 2 atom stereocenters. The number of carbonyl (C=O) groups is 2. The van der Waals surface area contributed by atoms with E-state index in [-0.39, 0.29) is 29.6 Å². The van der Waals surface area contributed by atoms with Crippen LogP contribution in [0.3, 0.4) is 0 Å². The van der Waals surface area contributed by atoms with Crippen molar-refractivity contribution in [3.8, 4) is 0 Å². The van der Waals surface area contributed by atoms with Crippen molar-refractivity contribution in [3.05, 3.63) is 130 Å². The van der Waals surface area contributed by atoms with Gasteiger partial charge in [-0.15, -0.1) is 0 Å². The van der Waals surface area contributed by atoms with Crippen LogP contribution in [-0.2, 0) is 38.8 Å². The lowest BCUT2D eigenvalue weighted by Crippen LogP contribution is -2.54. The van der Waals surface area contributed by atoms with Gasteiger partial charge in [0.25, 0.3) is 10.0 Å². The third-order valence-electron chi connectivity index (χ3n) is 7.89. The lowest BCUT2D eigenvalue weighted by molar-refractivity contribution is -0.140. The summed E-state index contributed by atoms with van der Waals surface area (Å²) in [6.07, 6.45) is -4.06. The SMILES string of the molecule is CC[C@@H](C)NC(=O)[C@@H](Cc1ccccc1)N(Cc1ccc(Cl)cc1)C(=O)CN(c1cccc(C(F)(F)F)c1)S(=O)(=O)c1ccc(C)cc1. The summed E-state index contributed by atoms with van der Waals surface area (Å²) < 4.78 is 70.3. The third kappa shape index (κ3) is 9.38. The van der Waals surface area contributed by atoms with Crippen LogP contribution in [-0.4, -0.2) is 43.8 Å². The molecule has 0 unspecified atom stereocenters. The molecule has 4 aromatic carbocycles. The molecule has 1 N–H and O–H groups in total. The molecule has 0 spiro atoms. The molecule has 0 bridgehead atoms. The van der Waals surface area contributed by atoms with Gasteiger partial charge >= 0.3 is 6.18 Å². The van der Waals surface area contributed by atoms with Crippen molar-refractivity contribution >= 4 is 39.1 Å². The number of alkyl halides is 3. The van der Waals surface area contributed by atoms with Gasteiger partial charge in [-0.2, -0.15) is 13.2 Å². The Morgan fingerprint density at radius 1 is 0.875 bits per heavy atom. The number of nitrogens with one attached hydrogen (secondary N) is 1. The first-order valence-corrected chi connectivity index (χ1v) is 17.2. The highest BCUT2D eigenvalue weighted by Crippen LogP contribution is 2.33. The topological polar surface area (TPSA) is 86.8 Å². The number of amides is 2. The zero-order valence-corrected chi connectivity index (χ0v) is 28.3. The number of hydrogen-bond acceptors (Lipinski definition) is 4. The summed E-state index contributed by atoms with van der Waals surface area (Å²) in [6, 6.07) is 23.9. The number of rotatable bonds is 13. The van der Waals surface area contributed by atoms with E-state index in [0.717, 1.165) is 23.3 Å². The maximum atomic E-state index is 14.5. The Hall–Kier alpha value is -4.35. The van der Waals surface area contributed by atoms with Crippen LogP contribution < -0.4 is 9.62 Å². The van der Waals surface area contributed by atoms with Crippen LogP contribution in [0.15, 0.2) is 108 Å². The number of hydrogen-bond donors (Lipinski definition) is 1. The van der Waals surface area contributed by atoms with Gasteiger partial charge in [0.05, 0.1) is 16.1 Å². The van der Waals surface area contributed by atoms with Gasteiger partial charge in [-0.25, -0.2) is 8.42 Å². The van der Waals surface area contributed by atoms with E-state index in [9.17, 15) is 31.2 Å². The van der Waals surface area contributed by atoms with Crippen LogP contribution in [0.1, 0.15) is 42.5 Å². The van der Waals surface area contributed by atoms with Gasteiger partial charge in [-0.1, -0.05) is 84.8 Å². The van der Waals surface area contributed by atoms with Crippen molar-refractivity contribution < 1.29 is 31.2 Å². The zero-order chi connectivity index (χ0) is 35.1. The molecule has 0 aromatic heterocycles. The molecule has 254 valence electrons. The number of benzene rings is 4. The second kappa shape index (κ2) is 15.7. The Morgan fingerprint density at radius 3 is 2.12 bits per heavy atom. The molecule has 12 heteroatoms. The fourth-order valence-electron chi connectivity index (χ4n) is 4.99. The van der Waals surface area contributed by atoms with Crippen LogP contribution in [0, 0.1) is 6.92 Å². The Labute approximate surface area is 284 Å². The molecule has 0 aliphatic rings. The van der Waals surface area contributed by atoms with Crippen molar-refractivity contribution in [1.29, 1.82) is 0 Å². The fourth-order valence-corrected chi connectivity index (χ4v) is 6.52. The van der Waals surface area contributed by atoms with E-state index < -0.39 is 46.2 Å². The average Bonchev–Trinajstić information content (AvgIpc) is 3.06. The number of carbonyl (C=O) groups excluding carboxylic acids is 2. The molecule has 0 aliphatic heterocycles. The number of halogens is 4. The minimum Gasteiger partial charge on any atom is -0.352 e. The molecule has 48 heavy (non-hydrogen) atoms. The predicted octanol–water partition coefficient (Wildman–Crippen LogP) is 7.42. The smallest absolute Gasteiger partial charge is 0.352 e. The summed E-state index contributed by atoms with van der Waals surface area (Å²) in [7, 11) is -4.57. The molecule has 0 saturated carbocycles. The Balaban J connectivity index is 1.84. The van der Waals surface area contributed by atoms with Crippen molar-refractivity contribution in [2.45, 2.75) is 63.3 Å². The van der Waals surface area contributed by atoms with Gasteiger partial charge in [0, 0.05) is 24.0 Å². The lowest BCUT2D eigenvalue weighted by Gasteiger charge is -2.34. The maximum Gasteiger partial charge on any atom is 0.416 e. The van der Waals surface area contributed by atoms with E-state index >= 15 is 0 Å². The highest BCUT2D eigenvalue weighted by atomic mass is 35.5. The van der Waals surface area contributed by atoms with E-state index in [4.69, 9.17) is 11.6 Å². The van der Waals surface area contributed by atoms with E-state index in [2.05, 4.69) is 5.32 Å². The zero-order valence-electron chi connectivity index (χ0n) is 26.7. The van der Waals surface area contributed by atoms with Crippen LogP contribution in [0.25, 0.3) is 0 Å². The average molecular weight is 700 g/mol. The third-order valence-corrected chi connectivity index (χ3v) is 9.93. The molecule has 4 aromatic rings. The van der Waals surface area contributed by atoms with Crippen LogP contribution >= 0.6 is 11.6 Å². The van der Waals surface area contributed by atoms with Crippen LogP contribution in [0.2, 0.25) is 5.02 Å². The molecule has 0 fully saturated rings. The first kappa shape index (κ1) is 36.5. The van der Waals surface area contributed by atoms with Gasteiger partial charge in [0.1, 0.15) is 12.6 Å². The quantitative estimate of drug-likeness (QED) is 0.157. The first-order chi connectivity index (χ1) is 22.7. The first-order valence-electron chi connectivity index (χ1n) is 15.3. The second-order valence-electron chi connectivity index (χ2n) is 11.5. The van der Waals surface area contributed by atoms with E-state index in [0.29, 0.717) is 27.4 Å². The number of sulfonamides is 1. The summed E-state index contributed by atoms with van der Waals surface area (Å²) in [5, 5.41) is 3.39. The predicted molar refractivity (Wildman–Crippen MR) is 181 cm³/mol. The van der Waals surface area contributed by atoms with Crippen molar-refractivity contribution in [1.82, 2.24) is 10.2 Å². The van der Waals surface area contributed by atoms with Gasteiger partial charge in [0.2, 0.25) is 11.8 Å². The lowest BCUT2D eigenvalue weighted by atomic mass is 10.0. The Kier molecular flexibility index (Phi) is 11.9. The number of nitrogens with zero attached hydrogens (tertiary/aromatic N) is 2. The Bertz CT molecular complexity index is 1800. The highest BCUT2D eigenvalue weighted by Gasteiger charge is 2.36. The molecule has 0 saturated heterocycles. The maximum absolute atomic E-state index is 14.5. The van der Waals surface area contributed by atoms with Gasteiger partial charge in [-0.3, -0.25) is 13.9 Å². The number of aryl methyl sites for hydroxylation is 1. The minimum atomic E-state index is -4.77. The summed E-state index contributed by atoms with van der Waals surface area (Å²) in [5.41, 5.74) is 0.686. The van der Waals surface area contributed by atoms with Crippen molar-refractivity contribution in [3.63, 3.8) is 0 Å². The minimum absolute atomic E-state index is 0.0940. The Morgan fingerprint density at radius 2 is 1.52 bits per heavy atom. The van der Waals surface area contributed by atoms with Crippen molar-refractivity contribution in [2.75, 3.05) is 10.8 Å². The highest BCUT2D eigenvalue weighted by molar-refractivity contribution is 7.92. The summed E-state index contributed by atoms with van der Waals surface area (Å²) in [6.45, 7) is 4.49. The van der Waals surface area contributed by atoms with Crippen LogP contribution in [0.4, 0.5) is 18.9 Å². The molecule has 4 rings (SSSR count). The largest absolute Gasteiger partial charge is 0.416 e. The van der Waals surface area contributed by atoms with E-state index in [1.54, 1.807) is 55.5 Å². The molecular formula is C36H37ClF3N3O4S. The summed E-state index contributed by atoms with van der Waals surface area (Å²) >= 11 is 6.11. The molecule has 2 amide bonds. The van der Waals surface area contributed by atoms with E-state index in [1.165, 1.54) is 23.1 Å². The second-order valence-corrected chi connectivity index (χ2v) is 13.8. The van der Waals surface area contributed by atoms with Crippen LogP contribution in [0.5, 0.6) is 0 Å². The summed E-state index contributed by atoms with van der Waals surface area (Å²) in [4.78, 5) is 29.4. The summed E-state index contributed by atoms with van der Waals surface area (Å²) in [5.74, 6) is -1.25. The van der Waals surface area contributed by atoms with Gasteiger partial charge < -0.3 is 10.2 Å². The molecule has 0 aliphatic carbocycles. The molecular weight excluding hydrogens is 663 g/mol. The van der Waals surface area contributed by atoms with Gasteiger partial charge in [-0.05, 0) is 73.9 Å². The number of anilines is 1. The standard InChI is InChI=1S/C36H37ClF3N3O4S/c1-4-26(3)41-35(45)33(21-27-9-6-5-7-10-27)42(23-28-15-17-30(37)18-16-28)34(44)24-43(31-12-8-11-29(22-31)36(38,39)40)48(46,47)32-19-13-25(2)14-20-32/h5-20,22,26,33H,4,21,23-24H2,1-3H3,(H,41,45)/t26-,33-/m1/s1.